The summed E-state index contributed by atoms with van der Waals surface area (Å²) >= 11 is 0. The third kappa shape index (κ3) is 22.7. The molecule has 0 saturated carbocycles. The van der Waals surface area contributed by atoms with E-state index in [-0.39, 0.29) is 12.7 Å². The maximum Gasteiger partial charge on any atom is 0.0546 e. The molecule has 0 aromatic heterocycles. The van der Waals surface area contributed by atoms with Crippen LogP contribution < -0.4 is 0 Å². The highest BCUT2D eigenvalue weighted by Gasteiger charge is 1.84. The lowest BCUT2D eigenvalue weighted by atomic mass is 10.3. The van der Waals surface area contributed by atoms with Gasteiger partial charge in [0, 0.05) is 6.61 Å². The van der Waals surface area contributed by atoms with Gasteiger partial charge in [0.1, 0.15) is 0 Å². The lowest BCUT2D eigenvalue weighted by Crippen LogP contribution is -1.94. The Hall–Kier alpha value is -0.600. The summed E-state index contributed by atoms with van der Waals surface area (Å²) < 4.78 is 0. The van der Waals surface area contributed by atoms with Gasteiger partial charge in [-0.25, -0.2) is 0 Å². The van der Waals surface area contributed by atoms with Crippen molar-refractivity contribution in [3.8, 4) is 0 Å². The minimum Gasteiger partial charge on any atom is -0.396 e. The lowest BCUT2D eigenvalue weighted by Gasteiger charge is -1.92. The molecule has 0 aromatic carbocycles. The molecule has 0 aliphatic rings. The SMILES string of the molecule is C=CCC(C)O.C=CCCCO. The molecule has 1 unspecified atom stereocenters. The maximum absolute atomic E-state index is 8.48. The van der Waals surface area contributed by atoms with Crippen LogP contribution in [0.5, 0.6) is 0 Å². The Bertz CT molecular complexity index is 98.0. The van der Waals surface area contributed by atoms with Crippen LogP contribution in [-0.4, -0.2) is 22.9 Å². The van der Waals surface area contributed by atoms with Crippen molar-refractivity contribution in [1.29, 1.82) is 0 Å². The zero-order valence-corrected chi connectivity index (χ0v) is 7.87. The first-order valence-corrected chi connectivity index (χ1v) is 4.19. The van der Waals surface area contributed by atoms with Crippen molar-refractivity contribution in [3.05, 3.63) is 25.3 Å². The Morgan fingerprint density at radius 1 is 1.33 bits per heavy atom. The van der Waals surface area contributed by atoms with Gasteiger partial charge in [0.15, 0.2) is 0 Å². The van der Waals surface area contributed by atoms with Crippen molar-refractivity contribution in [3.63, 3.8) is 0 Å². The molecule has 0 aromatic rings. The molecule has 0 bridgehead atoms. The van der Waals surface area contributed by atoms with E-state index in [1.54, 1.807) is 19.1 Å². The van der Waals surface area contributed by atoms with Gasteiger partial charge in [-0.1, -0.05) is 12.2 Å². The van der Waals surface area contributed by atoms with Crippen LogP contribution in [0.4, 0.5) is 0 Å². The minimum absolute atomic E-state index is 0.220. The second kappa shape index (κ2) is 13.0. The van der Waals surface area contributed by atoms with Crippen LogP contribution in [0.25, 0.3) is 0 Å². The molecule has 1 atom stereocenters. The number of unbranched alkanes of at least 4 members (excludes halogenated alkanes) is 1. The van der Waals surface area contributed by atoms with Crippen molar-refractivity contribution in [1.82, 2.24) is 0 Å². The van der Waals surface area contributed by atoms with Crippen LogP contribution in [0, 0.1) is 0 Å². The first-order valence-electron chi connectivity index (χ1n) is 4.19. The predicted molar refractivity (Wildman–Crippen MR) is 53.0 cm³/mol. The van der Waals surface area contributed by atoms with E-state index >= 15 is 0 Å². The molecular formula is C10H20O2. The van der Waals surface area contributed by atoms with Crippen molar-refractivity contribution in [2.24, 2.45) is 0 Å². The van der Waals surface area contributed by atoms with Crippen molar-refractivity contribution in [2.75, 3.05) is 6.61 Å². The molecule has 0 aliphatic heterocycles. The van der Waals surface area contributed by atoms with E-state index in [4.69, 9.17) is 10.2 Å². The van der Waals surface area contributed by atoms with E-state index in [1.807, 2.05) is 0 Å². The highest BCUT2D eigenvalue weighted by atomic mass is 16.3. The van der Waals surface area contributed by atoms with Crippen LogP contribution in [0.2, 0.25) is 0 Å². The van der Waals surface area contributed by atoms with Crippen LogP contribution in [0.15, 0.2) is 25.3 Å². The van der Waals surface area contributed by atoms with Gasteiger partial charge in [-0.3, -0.25) is 0 Å². The molecule has 2 nitrogen and oxygen atoms in total. The van der Waals surface area contributed by atoms with Gasteiger partial charge in [0.2, 0.25) is 0 Å². The van der Waals surface area contributed by atoms with Crippen LogP contribution in [0.3, 0.4) is 0 Å². The molecule has 0 fully saturated rings. The third-order valence-electron chi connectivity index (χ3n) is 1.07. The Labute approximate surface area is 75.2 Å². The smallest absolute Gasteiger partial charge is 0.0546 e. The van der Waals surface area contributed by atoms with Gasteiger partial charge < -0.3 is 10.2 Å². The van der Waals surface area contributed by atoms with Gasteiger partial charge in [0.25, 0.3) is 0 Å². The van der Waals surface area contributed by atoms with Crippen molar-refractivity contribution in [2.45, 2.75) is 32.3 Å². The number of aliphatic hydroxyl groups excluding tert-OH is 2. The summed E-state index contributed by atoms with van der Waals surface area (Å²) in [6.07, 6.45) is 5.75. The zero-order chi connectivity index (χ0) is 9.82. The molecule has 2 heteroatoms. The molecule has 0 heterocycles. The van der Waals surface area contributed by atoms with Crippen molar-refractivity contribution >= 4 is 0 Å². The fourth-order valence-electron chi connectivity index (χ4n) is 0.477. The van der Waals surface area contributed by atoms with E-state index in [9.17, 15) is 0 Å². The average Bonchev–Trinajstić information content (AvgIpc) is 2.02. The van der Waals surface area contributed by atoms with Gasteiger partial charge >= 0.3 is 0 Å². The summed E-state index contributed by atoms with van der Waals surface area (Å²) in [5.41, 5.74) is 0. The quantitative estimate of drug-likeness (QED) is 0.491. The van der Waals surface area contributed by atoms with E-state index in [0.29, 0.717) is 6.42 Å². The van der Waals surface area contributed by atoms with Gasteiger partial charge in [-0.15, -0.1) is 13.2 Å². The molecular weight excluding hydrogens is 152 g/mol. The summed E-state index contributed by atoms with van der Waals surface area (Å²) in [6, 6.07) is 0. The first-order chi connectivity index (χ1) is 5.68. The fraction of sp³-hybridized carbons (Fsp3) is 0.600. The topological polar surface area (TPSA) is 40.5 Å². The first kappa shape index (κ1) is 14.0. The highest BCUT2D eigenvalue weighted by molar-refractivity contribution is 4.68. The van der Waals surface area contributed by atoms with E-state index in [1.165, 1.54) is 0 Å². The standard InChI is InChI=1S/2C5H10O/c1-3-4-5(2)6;1-2-3-4-5-6/h3,5-6H,1,4H2,2H3;2,6H,1,3-5H2. The van der Waals surface area contributed by atoms with Gasteiger partial charge in [-0.2, -0.15) is 0 Å². The number of rotatable bonds is 5. The summed E-state index contributed by atoms with van der Waals surface area (Å²) in [7, 11) is 0. The minimum atomic E-state index is -0.220. The van der Waals surface area contributed by atoms with Crippen molar-refractivity contribution < 1.29 is 10.2 Å². The summed E-state index contributed by atoms with van der Waals surface area (Å²) in [4.78, 5) is 0. The number of allylic oxidation sites excluding steroid dienone is 1. The molecule has 0 spiro atoms. The average molecular weight is 172 g/mol. The highest BCUT2D eigenvalue weighted by Crippen LogP contribution is 1.86. The summed E-state index contributed by atoms with van der Waals surface area (Å²) in [5.74, 6) is 0. The predicted octanol–water partition coefficient (Wildman–Crippen LogP) is 1.89. The molecule has 0 rings (SSSR count). The molecule has 12 heavy (non-hydrogen) atoms. The zero-order valence-electron chi connectivity index (χ0n) is 7.87. The number of hydrogen-bond acceptors (Lipinski definition) is 2. The van der Waals surface area contributed by atoms with Gasteiger partial charge in [-0.05, 0) is 26.2 Å². The molecule has 72 valence electrons. The monoisotopic (exact) mass is 172 g/mol. The second-order valence-corrected chi connectivity index (χ2v) is 2.53. The van der Waals surface area contributed by atoms with Crippen LogP contribution in [-0.2, 0) is 0 Å². The number of aliphatic hydroxyl groups is 2. The molecule has 0 aliphatic carbocycles. The molecule has 2 N–H and O–H groups in total. The summed E-state index contributed by atoms with van der Waals surface area (Å²) in [5, 5.41) is 16.6. The summed E-state index contributed by atoms with van der Waals surface area (Å²) in [6.45, 7) is 8.95. The van der Waals surface area contributed by atoms with E-state index in [2.05, 4.69) is 13.2 Å². The number of hydrogen-bond donors (Lipinski definition) is 2. The van der Waals surface area contributed by atoms with E-state index < -0.39 is 0 Å². The van der Waals surface area contributed by atoms with Crippen LogP contribution >= 0.6 is 0 Å². The molecule has 0 saturated heterocycles. The largest absolute Gasteiger partial charge is 0.396 e. The van der Waals surface area contributed by atoms with Gasteiger partial charge in [0.05, 0.1) is 6.10 Å². The normalized spacial score (nSPS) is 10.9. The molecule has 0 amide bonds. The lowest BCUT2D eigenvalue weighted by molar-refractivity contribution is 0.198. The third-order valence-corrected chi connectivity index (χ3v) is 1.07. The fourth-order valence-corrected chi connectivity index (χ4v) is 0.477. The van der Waals surface area contributed by atoms with Crippen LogP contribution in [0.1, 0.15) is 26.2 Å². The Balaban J connectivity index is 0. The second-order valence-electron chi connectivity index (χ2n) is 2.53. The van der Waals surface area contributed by atoms with E-state index in [0.717, 1.165) is 12.8 Å². The molecule has 0 radical (unpaired) electrons. The Kier molecular flexibility index (Phi) is 15.1. The Morgan fingerprint density at radius 2 is 1.92 bits per heavy atom. The Morgan fingerprint density at radius 3 is 2.00 bits per heavy atom. The maximum atomic E-state index is 8.48.